The lowest BCUT2D eigenvalue weighted by atomic mass is 10.4. The van der Waals surface area contributed by atoms with E-state index in [2.05, 4.69) is 4.72 Å². The maximum absolute atomic E-state index is 12.2. The summed E-state index contributed by atoms with van der Waals surface area (Å²) in [5, 5.41) is 0. The van der Waals surface area contributed by atoms with Gasteiger partial charge in [0, 0.05) is 6.54 Å². The minimum atomic E-state index is -3.45. The second kappa shape index (κ2) is 3.89. The summed E-state index contributed by atoms with van der Waals surface area (Å²) in [7, 11) is -3.45. The van der Waals surface area contributed by atoms with Crippen LogP contribution in [0.3, 0.4) is 0 Å². The quantitative estimate of drug-likeness (QED) is 0.884. The number of thiophene rings is 1. The van der Waals surface area contributed by atoms with Crippen molar-refractivity contribution in [2.75, 3.05) is 24.8 Å². The molecule has 0 fully saturated rings. The van der Waals surface area contributed by atoms with Gasteiger partial charge >= 0.3 is 0 Å². The number of sulfonamides is 1. The largest absolute Gasteiger partial charge is 0.353 e. The predicted molar refractivity (Wildman–Crippen MR) is 57.8 cm³/mol. The van der Waals surface area contributed by atoms with Gasteiger partial charge in [-0.3, -0.25) is 0 Å². The molecule has 4 nitrogen and oxygen atoms in total. The van der Waals surface area contributed by atoms with Crippen molar-refractivity contribution in [1.29, 1.82) is 0 Å². The lowest BCUT2D eigenvalue weighted by Gasteiger charge is -2.27. The SMILES string of the molecule is O=S1(=O)NCN(CCF)c2cc(Cl)sc21. The number of rotatable bonds is 2. The standard InChI is InChI=1S/C7H8ClFN2O2S2/c8-6-3-5-7(14-6)15(12,13)10-4-11(5)2-1-9/h3,10H,1-2,4H2. The summed E-state index contributed by atoms with van der Waals surface area (Å²) < 4.78 is 38.2. The molecule has 8 heteroatoms. The summed E-state index contributed by atoms with van der Waals surface area (Å²) in [6.45, 7) is -0.288. The van der Waals surface area contributed by atoms with Crippen LogP contribution in [-0.4, -0.2) is 28.3 Å². The Morgan fingerprint density at radius 2 is 2.40 bits per heavy atom. The number of nitrogens with zero attached hydrogens (tertiary/aromatic N) is 1. The molecule has 0 radical (unpaired) electrons. The monoisotopic (exact) mass is 270 g/mol. The van der Waals surface area contributed by atoms with E-state index in [1.807, 2.05) is 0 Å². The zero-order chi connectivity index (χ0) is 11.1. The fourth-order valence-corrected chi connectivity index (χ4v) is 4.28. The van der Waals surface area contributed by atoms with E-state index in [-0.39, 0.29) is 17.4 Å². The number of fused-ring (bicyclic) bond motifs is 1. The Kier molecular flexibility index (Phi) is 2.89. The van der Waals surface area contributed by atoms with Crippen molar-refractivity contribution >= 4 is 38.6 Å². The average Bonchev–Trinajstić information content (AvgIpc) is 2.54. The van der Waals surface area contributed by atoms with Crippen molar-refractivity contribution in [3.05, 3.63) is 10.4 Å². The van der Waals surface area contributed by atoms with E-state index < -0.39 is 16.7 Å². The molecule has 1 aliphatic heterocycles. The Hall–Kier alpha value is -0.370. The molecule has 1 N–H and O–H groups in total. The summed E-state index contributed by atoms with van der Waals surface area (Å²) in [5.41, 5.74) is 0.487. The van der Waals surface area contributed by atoms with Crippen molar-refractivity contribution in [2.45, 2.75) is 4.21 Å². The smallest absolute Gasteiger partial charge is 0.253 e. The van der Waals surface area contributed by atoms with Crippen LogP contribution in [0.25, 0.3) is 0 Å². The van der Waals surface area contributed by atoms with E-state index in [0.717, 1.165) is 11.3 Å². The van der Waals surface area contributed by atoms with Gasteiger partial charge in [0.15, 0.2) is 4.21 Å². The molecule has 1 aromatic rings. The molecule has 0 aromatic carbocycles. The average molecular weight is 271 g/mol. The van der Waals surface area contributed by atoms with Gasteiger partial charge in [0.25, 0.3) is 10.0 Å². The molecule has 2 rings (SSSR count). The van der Waals surface area contributed by atoms with Gasteiger partial charge in [-0.1, -0.05) is 11.6 Å². The van der Waals surface area contributed by atoms with Crippen LogP contribution in [-0.2, 0) is 10.0 Å². The number of halogens is 2. The number of hydrogen-bond acceptors (Lipinski definition) is 4. The van der Waals surface area contributed by atoms with Crippen LogP contribution in [0.2, 0.25) is 4.34 Å². The number of nitrogens with one attached hydrogen (secondary N) is 1. The second-order valence-electron chi connectivity index (χ2n) is 2.98. The van der Waals surface area contributed by atoms with E-state index in [1.165, 1.54) is 0 Å². The predicted octanol–water partition coefficient (Wildman–Crippen LogP) is 1.43. The molecule has 0 saturated carbocycles. The highest BCUT2D eigenvalue weighted by atomic mass is 35.5. The minimum Gasteiger partial charge on any atom is -0.353 e. The molecule has 0 atom stereocenters. The van der Waals surface area contributed by atoms with Crippen LogP contribution < -0.4 is 9.62 Å². The first kappa shape index (κ1) is 11.1. The maximum atomic E-state index is 12.2. The summed E-state index contributed by atoms with van der Waals surface area (Å²) in [6, 6.07) is 1.55. The third-order valence-corrected chi connectivity index (χ3v) is 5.20. The molecule has 1 aliphatic rings. The van der Waals surface area contributed by atoms with Crippen LogP contribution in [0, 0.1) is 0 Å². The highest BCUT2D eigenvalue weighted by Crippen LogP contribution is 2.38. The van der Waals surface area contributed by atoms with Crippen LogP contribution in [0.1, 0.15) is 0 Å². The molecule has 0 spiro atoms. The van der Waals surface area contributed by atoms with Gasteiger partial charge in [-0.25, -0.2) is 12.8 Å². The number of alkyl halides is 1. The Bertz CT molecular complexity index is 473. The lowest BCUT2D eigenvalue weighted by Crippen LogP contribution is -2.43. The van der Waals surface area contributed by atoms with Crippen LogP contribution >= 0.6 is 22.9 Å². The zero-order valence-electron chi connectivity index (χ0n) is 7.53. The summed E-state index contributed by atoms with van der Waals surface area (Å²) in [6.07, 6.45) is 0. The lowest BCUT2D eigenvalue weighted by molar-refractivity contribution is 0.484. The normalized spacial score (nSPS) is 18.9. The Morgan fingerprint density at radius 3 is 3.07 bits per heavy atom. The third-order valence-electron chi connectivity index (χ3n) is 2.03. The maximum Gasteiger partial charge on any atom is 0.253 e. The van der Waals surface area contributed by atoms with Gasteiger partial charge in [-0.2, -0.15) is 4.72 Å². The topological polar surface area (TPSA) is 49.4 Å². The van der Waals surface area contributed by atoms with Crippen molar-refractivity contribution in [3.8, 4) is 0 Å². The first-order valence-corrected chi connectivity index (χ1v) is 6.82. The van der Waals surface area contributed by atoms with Crippen LogP contribution in [0.4, 0.5) is 10.1 Å². The van der Waals surface area contributed by atoms with E-state index in [4.69, 9.17) is 11.6 Å². The van der Waals surface area contributed by atoms with Gasteiger partial charge in [-0.05, 0) is 6.07 Å². The Balaban J connectivity index is 2.48. The molecule has 0 amide bonds. The zero-order valence-corrected chi connectivity index (χ0v) is 9.92. The van der Waals surface area contributed by atoms with Crippen LogP contribution in [0.5, 0.6) is 0 Å². The summed E-state index contributed by atoms with van der Waals surface area (Å²) in [4.78, 5) is 1.61. The highest BCUT2D eigenvalue weighted by Gasteiger charge is 2.30. The van der Waals surface area contributed by atoms with Crippen molar-refractivity contribution in [2.24, 2.45) is 0 Å². The molecule has 0 bridgehead atoms. The minimum absolute atomic E-state index is 0.0896. The fourth-order valence-electron chi connectivity index (χ4n) is 1.36. The molecule has 0 aliphatic carbocycles. The van der Waals surface area contributed by atoms with Crippen molar-refractivity contribution in [1.82, 2.24) is 4.72 Å². The summed E-state index contributed by atoms with van der Waals surface area (Å²) in [5.74, 6) is 0. The Morgan fingerprint density at radius 1 is 1.67 bits per heavy atom. The molecule has 1 aromatic heterocycles. The molecular weight excluding hydrogens is 263 g/mol. The first-order chi connectivity index (χ1) is 7.04. The third kappa shape index (κ3) is 1.96. The second-order valence-corrected chi connectivity index (χ2v) is 6.63. The van der Waals surface area contributed by atoms with Gasteiger partial charge in [0.2, 0.25) is 0 Å². The van der Waals surface area contributed by atoms with E-state index >= 15 is 0 Å². The highest BCUT2D eigenvalue weighted by molar-refractivity contribution is 7.92. The van der Waals surface area contributed by atoms with Crippen LogP contribution in [0.15, 0.2) is 10.3 Å². The van der Waals surface area contributed by atoms with E-state index in [1.54, 1.807) is 11.0 Å². The van der Waals surface area contributed by atoms with Crippen molar-refractivity contribution < 1.29 is 12.8 Å². The molecule has 15 heavy (non-hydrogen) atoms. The molecule has 2 heterocycles. The molecular formula is C7H8ClFN2O2S2. The molecule has 0 unspecified atom stereocenters. The summed E-state index contributed by atoms with van der Waals surface area (Å²) >= 11 is 6.73. The molecule has 0 saturated heterocycles. The number of anilines is 1. The van der Waals surface area contributed by atoms with Crippen molar-refractivity contribution in [3.63, 3.8) is 0 Å². The molecule has 84 valence electrons. The van der Waals surface area contributed by atoms with Gasteiger partial charge in [0.05, 0.1) is 16.7 Å². The number of hydrogen-bond donors (Lipinski definition) is 1. The van der Waals surface area contributed by atoms with E-state index in [0.29, 0.717) is 10.0 Å². The Labute approximate surface area is 95.7 Å². The first-order valence-electron chi connectivity index (χ1n) is 4.14. The van der Waals surface area contributed by atoms with Gasteiger partial charge in [0.1, 0.15) is 6.67 Å². The van der Waals surface area contributed by atoms with Gasteiger partial charge < -0.3 is 4.90 Å². The fraction of sp³-hybridized carbons (Fsp3) is 0.429. The van der Waals surface area contributed by atoms with Gasteiger partial charge in [-0.15, -0.1) is 11.3 Å². The van der Waals surface area contributed by atoms with E-state index in [9.17, 15) is 12.8 Å².